The first kappa shape index (κ1) is 16.3. The summed E-state index contributed by atoms with van der Waals surface area (Å²) >= 11 is 0. The van der Waals surface area contributed by atoms with Crippen LogP contribution in [-0.4, -0.2) is 42.0 Å². The molecule has 0 aliphatic heterocycles. The van der Waals surface area contributed by atoms with Crippen LogP contribution in [-0.2, 0) is 11.3 Å². The van der Waals surface area contributed by atoms with Crippen LogP contribution < -0.4 is 14.8 Å². The molecule has 0 saturated carbocycles. The molecule has 0 amide bonds. The summed E-state index contributed by atoms with van der Waals surface area (Å²) in [5, 5.41) is 21.0. The van der Waals surface area contributed by atoms with Crippen LogP contribution in [0.2, 0.25) is 0 Å². The van der Waals surface area contributed by atoms with Crippen molar-refractivity contribution in [2.24, 2.45) is 0 Å². The molecule has 20 heavy (non-hydrogen) atoms. The summed E-state index contributed by atoms with van der Waals surface area (Å²) in [6.07, 6.45) is -0.450. The number of aliphatic hydroxyl groups excluding tert-OH is 1. The van der Waals surface area contributed by atoms with Gasteiger partial charge in [-0.25, -0.2) is 4.79 Å². The maximum Gasteiger partial charge on any atom is 0.341 e. The predicted molar refractivity (Wildman–Crippen MR) is 74.1 cm³/mol. The van der Waals surface area contributed by atoms with Crippen LogP contribution in [0.25, 0.3) is 0 Å². The lowest BCUT2D eigenvalue weighted by Crippen LogP contribution is -2.24. The Morgan fingerprint density at radius 2 is 2.15 bits per heavy atom. The zero-order chi connectivity index (χ0) is 15.0. The molecule has 0 unspecified atom stereocenters. The van der Waals surface area contributed by atoms with E-state index in [0.29, 0.717) is 31.2 Å². The van der Waals surface area contributed by atoms with Gasteiger partial charge in [0.15, 0.2) is 18.1 Å². The first-order valence-corrected chi connectivity index (χ1v) is 6.52. The van der Waals surface area contributed by atoms with E-state index in [1.54, 1.807) is 13.0 Å². The van der Waals surface area contributed by atoms with Crippen molar-refractivity contribution in [2.45, 2.75) is 26.5 Å². The quantitative estimate of drug-likeness (QED) is 0.627. The first-order valence-electron chi connectivity index (χ1n) is 6.52. The van der Waals surface area contributed by atoms with E-state index >= 15 is 0 Å². The number of rotatable bonds is 9. The Bertz CT molecular complexity index is 434. The molecule has 0 aliphatic carbocycles. The fourth-order valence-corrected chi connectivity index (χ4v) is 1.68. The second kappa shape index (κ2) is 8.39. The Morgan fingerprint density at radius 3 is 2.75 bits per heavy atom. The third-order valence-corrected chi connectivity index (χ3v) is 2.46. The molecule has 112 valence electrons. The third kappa shape index (κ3) is 5.46. The normalized spacial score (nSPS) is 11.9. The lowest BCUT2D eigenvalue weighted by atomic mass is 10.2. The topological polar surface area (TPSA) is 88.0 Å². The van der Waals surface area contributed by atoms with E-state index in [9.17, 15) is 9.90 Å². The minimum absolute atomic E-state index is 0.423. The molecule has 3 N–H and O–H groups in total. The molecule has 0 bridgehead atoms. The molecule has 6 nitrogen and oxygen atoms in total. The van der Waals surface area contributed by atoms with Gasteiger partial charge in [0.2, 0.25) is 0 Å². The van der Waals surface area contributed by atoms with Crippen molar-refractivity contribution >= 4 is 5.97 Å². The van der Waals surface area contributed by atoms with E-state index < -0.39 is 18.7 Å². The van der Waals surface area contributed by atoms with Crippen LogP contribution in [0, 0.1) is 0 Å². The van der Waals surface area contributed by atoms with Crippen molar-refractivity contribution in [1.29, 1.82) is 0 Å². The van der Waals surface area contributed by atoms with Crippen molar-refractivity contribution in [3.8, 4) is 11.5 Å². The highest BCUT2D eigenvalue weighted by molar-refractivity contribution is 5.68. The molecule has 0 spiro atoms. The predicted octanol–water partition coefficient (Wildman–Crippen LogP) is 1.02. The van der Waals surface area contributed by atoms with E-state index in [0.717, 1.165) is 5.56 Å². The smallest absolute Gasteiger partial charge is 0.341 e. The minimum Gasteiger partial charge on any atom is -0.490 e. The van der Waals surface area contributed by atoms with Gasteiger partial charge in [-0.3, -0.25) is 0 Å². The fraction of sp³-hybridized carbons (Fsp3) is 0.500. The lowest BCUT2D eigenvalue weighted by molar-refractivity contribution is -0.139. The summed E-state index contributed by atoms with van der Waals surface area (Å²) in [4.78, 5) is 10.6. The number of carbonyl (C=O) groups is 1. The molecule has 0 saturated heterocycles. The van der Waals surface area contributed by atoms with E-state index in [1.807, 2.05) is 19.1 Å². The summed E-state index contributed by atoms with van der Waals surface area (Å²) in [7, 11) is 0. The lowest BCUT2D eigenvalue weighted by Gasteiger charge is -2.15. The van der Waals surface area contributed by atoms with Gasteiger partial charge in [0.05, 0.1) is 12.7 Å². The number of para-hydroxylation sites is 1. The fourth-order valence-electron chi connectivity index (χ4n) is 1.68. The summed E-state index contributed by atoms with van der Waals surface area (Å²) in [5.74, 6) is -0.0980. The molecular formula is C14H21NO5. The Kier molecular flexibility index (Phi) is 6.83. The molecule has 0 heterocycles. The average Bonchev–Trinajstić information content (AvgIpc) is 2.37. The molecule has 0 aromatic heterocycles. The van der Waals surface area contributed by atoms with Gasteiger partial charge < -0.3 is 25.0 Å². The maximum atomic E-state index is 10.6. The van der Waals surface area contributed by atoms with Gasteiger partial charge in [0.25, 0.3) is 0 Å². The van der Waals surface area contributed by atoms with Gasteiger partial charge in [-0.2, -0.15) is 0 Å². The average molecular weight is 283 g/mol. The molecule has 1 aromatic carbocycles. The second-order valence-electron chi connectivity index (χ2n) is 4.34. The van der Waals surface area contributed by atoms with Crippen LogP contribution in [0.1, 0.15) is 19.4 Å². The largest absolute Gasteiger partial charge is 0.490 e. The van der Waals surface area contributed by atoms with Crippen LogP contribution in [0.15, 0.2) is 18.2 Å². The number of carboxylic acid groups (broad SMARTS) is 1. The number of benzene rings is 1. The zero-order valence-corrected chi connectivity index (χ0v) is 11.8. The van der Waals surface area contributed by atoms with Crippen LogP contribution in [0.4, 0.5) is 0 Å². The Balaban J connectivity index is 2.83. The van der Waals surface area contributed by atoms with Crippen molar-refractivity contribution in [3.63, 3.8) is 0 Å². The van der Waals surface area contributed by atoms with E-state index in [-0.39, 0.29) is 0 Å². The van der Waals surface area contributed by atoms with Crippen molar-refractivity contribution in [1.82, 2.24) is 5.32 Å². The summed E-state index contributed by atoms with van der Waals surface area (Å²) in [6.45, 7) is 4.48. The monoisotopic (exact) mass is 283 g/mol. The van der Waals surface area contributed by atoms with Crippen LogP contribution in [0.3, 0.4) is 0 Å². The molecule has 6 heteroatoms. The standard InChI is InChI=1S/C14H21NO5/c1-3-19-12-6-4-5-11(8-15-7-10(2)16)14(12)20-9-13(17)18/h4-6,10,15-16H,3,7-9H2,1-2H3,(H,17,18)/t10-/m1/s1. The van der Waals surface area contributed by atoms with Crippen molar-refractivity contribution in [2.75, 3.05) is 19.8 Å². The Labute approximate surface area is 118 Å². The van der Waals surface area contributed by atoms with Crippen molar-refractivity contribution in [3.05, 3.63) is 23.8 Å². The highest BCUT2D eigenvalue weighted by Crippen LogP contribution is 2.31. The van der Waals surface area contributed by atoms with Gasteiger partial charge in [-0.05, 0) is 19.9 Å². The van der Waals surface area contributed by atoms with Crippen LogP contribution in [0.5, 0.6) is 11.5 Å². The second-order valence-corrected chi connectivity index (χ2v) is 4.34. The highest BCUT2D eigenvalue weighted by atomic mass is 16.5. The molecule has 1 aromatic rings. The number of nitrogens with one attached hydrogen (secondary N) is 1. The third-order valence-electron chi connectivity index (χ3n) is 2.46. The van der Waals surface area contributed by atoms with Gasteiger partial charge in [0, 0.05) is 18.7 Å². The number of carboxylic acids is 1. The molecular weight excluding hydrogens is 262 g/mol. The zero-order valence-electron chi connectivity index (χ0n) is 11.8. The van der Waals surface area contributed by atoms with Crippen molar-refractivity contribution < 1.29 is 24.5 Å². The highest BCUT2D eigenvalue weighted by Gasteiger charge is 2.12. The minimum atomic E-state index is -1.04. The Hall–Kier alpha value is -1.79. The van der Waals surface area contributed by atoms with Gasteiger partial charge in [0.1, 0.15) is 0 Å². The molecule has 0 fully saturated rings. The SMILES string of the molecule is CCOc1cccc(CNC[C@@H](C)O)c1OCC(=O)O. The number of hydrogen-bond donors (Lipinski definition) is 3. The van der Waals surface area contributed by atoms with Crippen LogP contribution >= 0.6 is 0 Å². The molecule has 0 aliphatic rings. The molecule has 0 radical (unpaired) electrons. The summed E-state index contributed by atoms with van der Waals surface area (Å²) in [5.41, 5.74) is 0.790. The number of aliphatic carboxylic acids is 1. The van der Waals surface area contributed by atoms with Gasteiger partial charge in [-0.15, -0.1) is 0 Å². The molecule has 1 atom stereocenters. The van der Waals surface area contributed by atoms with E-state index in [4.69, 9.17) is 14.6 Å². The molecule has 1 rings (SSSR count). The summed E-state index contributed by atoms with van der Waals surface area (Å²) < 4.78 is 10.8. The number of ether oxygens (including phenoxy) is 2. The van der Waals surface area contributed by atoms with E-state index in [1.165, 1.54) is 0 Å². The maximum absolute atomic E-state index is 10.6. The van der Waals surface area contributed by atoms with E-state index in [2.05, 4.69) is 5.32 Å². The number of aliphatic hydroxyl groups is 1. The van der Waals surface area contributed by atoms with Gasteiger partial charge >= 0.3 is 5.97 Å². The summed E-state index contributed by atoms with van der Waals surface area (Å²) in [6, 6.07) is 5.38. The first-order chi connectivity index (χ1) is 9.54. The Morgan fingerprint density at radius 1 is 1.40 bits per heavy atom. The number of hydrogen-bond acceptors (Lipinski definition) is 5. The van der Waals surface area contributed by atoms with Gasteiger partial charge in [-0.1, -0.05) is 12.1 Å².